The first-order chi connectivity index (χ1) is 33.4. The molecule has 3 N–H and O–H groups in total. The van der Waals surface area contributed by atoms with Crippen LogP contribution >= 0.6 is 0 Å². The number of nitrogens with zero attached hydrogens (tertiary/aromatic N) is 4. The topological polar surface area (TPSA) is 184 Å². The van der Waals surface area contributed by atoms with Gasteiger partial charge in [0.15, 0.2) is 24.0 Å². The normalized spacial score (nSPS) is 17.7. The summed E-state index contributed by atoms with van der Waals surface area (Å²) in [5.41, 5.74) is 5.66. The third-order valence-electron chi connectivity index (χ3n) is 12.5. The van der Waals surface area contributed by atoms with E-state index >= 15 is 0 Å². The second kappa shape index (κ2) is 21.7. The number of hydrogen-bond donors (Lipinski definition) is 3. The maximum Gasteiger partial charge on any atom is 0.416 e. The van der Waals surface area contributed by atoms with Gasteiger partial charge in [0.1, 0.15) is 18.0 Å². The van der Waals surface area contributed by atoms with Gasteiger partial charge in [0, 0.05) is 69.1 Å². The standard InChI is InChI=1S/C52H59N7O10/c1-6-23-68-52(64)59-41-30-45(44(65-5)29-38(41)50(63)58-22-12-10-17-40(58)51(59)69-47-19-11-13-24-67-47)66-25-14-18-46(60)53-37-28-43(57(4)32-37)49(62)55-39-21-20-34(26-33(39)2)35-27-42(56(3)31-35)48(61)54-36-15-8-7-9-16-36/h6-9,15-16,20-21,26-32,40,47,51H,1,10-14,17-19,22-25H2,2-5H3,(H,53,60)(H,54,61)(H,55,62)/t40-,47?,51?/m0/s1. The SMILES string of the molecule is C=CCOC(=O)N1c2cc(OCCCC(=O)Nc3cc(C(=O)Nc4ccc(-c5cc(C(=O)Nc6ccccc6)n(C)c5)cc4C)n(C)c3)c(OC)cc2C(=O)N2CCCC[C@H]2C1OC1CCCCO1. The quantitative estimate of drug-likeness (QED) is 0.0639. The molecule has 69 heavy (non-hydrogen) atoms. The lowest BCUT2D eigenvalue weighted by molar-refractivity contribution is -0.198. The van der Waals surface area contributed by atoms with Gasteiger partial charge in [0.2, 0.25) is 5.91 Å². The maximum absolute atomic E-state index is 14.3. The molecular weight excluding hydrogens is 883 g/mol. The summed E-state index contributed by atoms with van der Waals surface area (Å²) < 4.78 is 33.5. The van der Waals surface area contributed by atoms with Crippen molar-refractivity contribution < 1.29 is 47.7 Å². The van der Waals surface area contributed by atoms with Gasteiger partial charge < -0.3 is 53.7 Å². The predicted molar refractivity (Wildman–Crippen MR) is 261 cm³/mol. The van der Waals surface area contributed by atoms with Crippen molar-refractivity contribution in [3.8, 4) is 22.6 Å². The number of nitrogens with one attached hydrogen (secondary N) is 3. The number of rotatable bonds is 16. The van der Waals surface area contributed by atoms with Crippen LogP contribution in [0.5, 0.6) is 11.5 Å². The highest BCUT2D eigenvalue weighted by molar-refractivity contribution is 6.07. The van der Waals surface area contributed by atoms with Crippen LogP contribution in [0.1, 0.15) is 88.3 Å². The minimum absolute atomic E-state index is 0.0510. The van der Waals surface area contributed by atoms with Gasteiger partial charge in [-0.05, 0) is 105 Å². The number of fused-ring (bicyclic) bond motifs is 2. The minimum atomic E-state index is -0.904. The molecule has 0 spiro atoms. The summed E-state index contributed by atoms with van der Waals surface area (Å²) in [6.07, 6.45) is 8.00. The number of methoxy groups -OCH3 is 1. The van der Waals surface area contributed by atoms with E-state index in [0.29, 0.717) is 60.9 Å². The first-order valence-corrected chi connectivity index (χ1v) is 23.3. The monoisotopic (exact) mass is 941 g/mol. The Morgan fingerprint density at radius 3 is 2.35 bits per heavy atom. The van der Waals surface area contributed by atoms with Crippen molar-refractivity contribution in [2.24, 2.45) is 14.1 Å². The highest BCUT2D eigenvalue weighted by Gasteiger charge is 2.47. The lowest BCUT2D eigenvalue weighted by Gasteiger charge is -2.42. The molecule has 5 aromatic rings. The highest BCUT2D eigenvalue weighted by atomic mass is 16.7. The fourth-order valence-corrected chi connectivity index (χ4v) is 9.02. The predicted octanol–water partition coefficient (Wildman–Crippen LogP) is 8.66. The van der Waals surface area contributed by atoms with Gasteiger partial charge in [-0.15, -0.1) is 0 Å². The molecule has 0 aliphatic carbocycles. The zero-order chi connectivity index (χ0) is 48.6. The van der Waals surface area contributed by atoms with Crippen molar-refractivity contribution in [2.75, 3.05) is 54.3 Å². The zero-order valence-electron chi connectivity index (χ0n) is 39.5. The van der Waals surface area contributed by atoms with Gasteiger partial charge in [0.05, 0.1) is 36.7 Å². The molecule has 0 bridgehead atoms. The van der Waals surface area contributed by atoms with Crippen molar-refractivity contribution in [3.63, 3.8) is 0 Å². The summed E-state index contributed by atoms with van der Waals surface area (Å²) in [4.78, 5) is 71.2. The van der Waals surface area contributed by atoms with E-state index in [1.165, 1.54) is 18.1 Å². The fourth-order valence-electron chi connectivity index (χ4n) is 9.02. The first kappa shape index (κ1) is 48.1. The molecule has 0 saturated carbocycles. The first-order valence-electron chi connectivity index (χ1n) is 23.3. The van der Waals surface area contributed by atoms with Gasteiger partial charge in [0.25, 0.3) is 17.7 Å². The Morgan fingerprint density at radius 2 is 1.59 bits per heavy atom. The van der Waals surface area contributed by atoms with E-state index in [1.807, 2.05) is 74.8 Å². The smallest absolute Gasteiger partial charge is 0.416 e. The van der Waals surface area contributed by atoms with Gasteiger partial charge >= 0.3 is 6.09 Å². The molecule has 5 heterocycles. The molecule has 17 heteroatoms. The molecule has 8 rings (SSSR count). The molecule has 3 aliphatic rings. The molecular formula is C52H59N7O10. The van der Waals surface area contributed by atoms with Crippen LogP contribution in [0.2, 0.25) is 0 Å². The van der Waals surface area contributed by atoms with Crippen molar-refractivity contribution in [1.82, 2.24) is 14.0 Å². The maximum atomic E-state index is 14.3. The van der Waals surface area contributed by atoms with Gasteiger partial charge in [-0.1, -0.05) is 36.9 Å². The number of carbonyl (C=O) groups excluding carboxylic acids is 5. The second-order valence-electron chi connectivity index (χ2n) is 17.4. The molecule has 2 unspecified atom stereocenters. The summed E-state index contributed by atoms with van der Waals surface area (Å²) >= 11 is 0. The number of para-hydroxylation sites is 1. The average molecular weight is 942 g/mol. The highest BCUT2D eigenvalue weighted by Crippen LogP contribution is 2.42. The summed E-state index contributed by atoms with van der Waals surface area (Å²) in [6, 6.07) is 21.1. The van der Waals surface area contributed by atoms with E-state index in [0.717, 1.165) is 42.4 Å². The van der Waals surface area contributed by atoms with E-state index in [1.54, 1.807) is 45.5 Å². The number of piperidine rings is 1. The molecule has 3 atom stereocenters. The minimum Gasteiger partial charge on any atom is -0.493 e. The zero-order valence-corrected chi connectivity index (χ0v) is 39.5. The van der Waals surface area contributed by atoms with E-state index in [9.17, 15) is 24.0 Å². The summed E-state index contributed by atoms with van der Waals surface area (Å²) in [6.45, 7) is 6.67. The Bertz CT molecular complexity index is 2710. The molecule has 0 radical (unpaired) electrons. The third kappa shape index (κ3) is 11.0. The molecule has 2 fully saturated rings. The third-order valence-corrected chi connectivity index (χ3v) is 12.5. The van der Waals surface area contributed by atoms with E-state index in [4.69, 9.17) is 23.7 Å². The second-order valence-corrected chi connectivity index (χ2v) is 17.4. The van der Waals surface area contributed by atoms with Crippen molar-refractivity contribution in [1.29, 1.82) is 0 Å². The Morgan fingerprint density at radius 1 is 0.826 bits per heavy atom. The van der Waals surface area contributed by atoms with Gasteiger partial charge in [-0.25, -0.2) is 9.69 Å². The van der Waals surface area contributed by atoms with E-state index in [2.05, 4.69) is 22.5 Å². The van der Waals surface area contributed by atoms with Gasteiger partial charge in [-0.2, -0.15) is 0 Å². The fraction of sp³-hybridized carbons (Fsp3) is 0.365. The van der Waals surface area contributed by atoms with Crippen LogP contribution in [0.4, 0.5) is 27.5 Å². The number of aromatic nitrogens is 2. The lowest BCUT2D eigenvalue weighted by Crippen LogP contribution is -2.57. The van der Waals surface area contributed by atoms with Crippen LogP contribution in [0.3, 0.4) is 0 Å². The van der Waals surface area contributed by atoms with Crippen LogP contribution in [-0.2, 0) is 33.1 Å². The van der Waals surface area contributed by atoms with Crippen LogP contribution in [0.25, 0.3) is 11.1 Å². The molecule has 2 aromatic heterocycles. The Balaban J connectivity index is 0.896. The molecule has 2 saturated heterocycles. The number of ether oxygens (including phenoxy) is 5. The van der Waals surface area contributed by atoms with Crippen molar-refractivity contribution in [2.45, 2.75) is 76.9 Å². The summed E-state index contributed by atoms with van der Waals surface area (Å²) in [5.74, 6) is -0.583. The number of benzene rings is 3. The molecule has 5 amide bonds. The van der Waals surface area contributed by atoms with Crippen molar-refractivity contribution >= 4 is 52.5 Å². The van der Waals surface area contributed by atoms with E-state index < -0.39 is 24.7 Å². The Kier molecular flexibility index (Phi) is 15.1. The van der Waals surface area contributed by atoms with Crippen LogP contribution in [0.15, 0.2) is 97.8 Å². The summed E-state index contributed by atoms with van der Waals surface area (Å²) in [5, 5.41) is 8.78. The number of hydrogen-bond acceptors (Lipinski definition) is 10. The number of carbonyl (C=O) groups is 5. The van der Waals surface area contributed by atoms with Crippen LogP contribution in [0, 0.1) is 6.92 Å². The molecule has 17 nitrogen and oxygen atoms in total. The molecule has 3 aliphatic heterocycles. The van der Waals surface area contributed by atoms with E-state index in [-0.39, 0.29) is 66.0 Å². The Hall–Kier alpha value is -7.37. The lowest BCUT2D eigenvalue weighted by atomic mass is 10.00. The largest absolute Gasteiger partial charge is 0.493 e. The molecule has 362 valence electrons. The van der Waals surface area contributed by atoms with Crippen LogP contribution < -0.4 is 30.3 Å². The van der Waals surface area contributed by atoms with Gasteiger partial charge in [-0.3, -0.25) is 19.2 Å². The number of aryl methyl sites for hydroxylation is 3. The Labute approximate surface area is 401 Å². The number of anilines is 4. The van der Waals surface area contributed by atoms with Crippen molar-refractivity contribution in [3.05, 3.63) is 120 Å². The summed E-state index contributed by atoms with van der Waals surface area (Å²) in [7, 11) is 5.01. The molecule has 3 aromatic carbocycles. The van der Waals surface area contributed by atoms with Crippen LogP contribution in [-0.4, -0.2) is 95.8 Å². The average Bonchev–Trinajstić information content (AvgIpc) is 3.91. The number of amides is 5.